The standard InChI is InChI=1S/C26H31N5OS/c1-18(2)32-21-10-7-19(8-11-21)16-25-29-22-17-20(28-26(27)24-6-5-15-33-24)9-12-23(22)31(25)14-13-30(3)4/h5-12,15,17-18H,13-14,16H2,1-4H3,(H2,27,28). The van der Waals surface area contributed by atoms with E-state index in [4.69, 9.17) is 15.5 Å². The maximum Gasteiger partial charge on any atom is 0.141 e. The predicted octanol–water partition coefficient (Wildman–Crippen LogP) is 5.07. The summed E-state index contributed by atoms with van der Waals surface area (Å²) in [5.74, 6) is 2.46. The second-order valence-corrected chi connectivity index (χ2v) is 9.57. The molecule has 4 rings (SSSR count). The molecule has 0 saturated carbocycles. The Hall–Kier alpha value is -3.16. The molecule has 0 aliphatic carbocycles. The molecule has 0 radical (unpaired) electrons. The van der Waals surface area contributed by atoms with Gasteiger partial charge in [0.2, 0.25) is 0 Å². The van der Waals surface area contributed by atoms with Crippen LogP contribution in [0.1, 0.15) is 30.1 Å². The first kappa shape index (κ1) is 23.0. The largest absolute Gasteiger partial charge is 0.491 e. The highest BCUT2D eigenvalue weighted by atomic mass is 32.1. The van der Waals surface area contributed by atoms with E-state index in [0.717, 1.165) is 52.7 Å². The molecular weight excluding hydrogens is 430 g/mol. The molecule has 0 spiro atoms. The van der Waals surface area contributed by atoms with E-state index in [9.17, 15) is 0 Å². The minimum atomic E-state index is 0.164. The van der Waals surface area contributed by atoms with E-state index in [1.807, 2.05) is 55.6 Å². The molecule has 2 heterocycles. The van der Waals surface area contributed by atoms with Gasteiger partial charge in [-0.15, -0.1) is 11.3 Å². The van der Waals surface area contributed by atoms with Crippen LogP contribution in [0.3, 0.4) is 0 Å². The lowest BCUT2D eigenvalue weighted by Gasteiger charge is -2.14. The normalized spacial score (nSPS) is 12.2. The van der Waals surface area contributed by atoms with Gasteiger partial charge in [0.1, 0.15) is 17.4 Å². The van der Waals surface area contributed by atoms with Gasteiger partial charge in [0.05, 0.1) is 27.7 Å². The van der Waals surface area contributed by atoms with Crippen LogP contribution in [-0.4, -0.2) is 47.0 Å². The van der Waals surface area contributed by atoms with E-state index >= 15 is 0 Å². The van der Waals surface area contributed by atoms with E-state index < -0.39 is 0 Å². The van der Waals surface area contributed by atoms with Crippen molar-refractivity contribution in [1.82, 2.24) is 14.5 Å². The summed E-state index contributed by atoms with van der Waals surface area (Å²) in [4.78, 5) is 12.8. The molecule has 33 heavy (non-hydrogen) atoms. The van der Waals surface area contributed by atoms with Gasteiger partial charge in [0.15, 0.2) is 0 Å². The highest BCUT2D eigenvalue weighted by molar-refractivity contribution is 7.12. The number of aromatic nitrogens is 2. The summed E-state index contributed by atoms with van der Waals surface area (Å²) in [5.41, 5.74) is 10.3. The first-order valence-electron chi connectivity index (χ1n) is 11.2. The number of nitrogens with zero attached hydrogens (tertiary/aromatic N) is 4. The number of benzene rings is 2. The predicted molar refractivity (Wildman–Crippen MR) is 138 cm³/mol. The second kappa shape index (κ2) is 10.2. The summed E-state index contributed by atoms with van der Waals surface area (Å²) in [7, 11) is 4.18. The van der Waals surface area contributed by atoms with E-state index in [0.29, 0.717) is 5.84 Å². The molecule has 0 fully saturated rings. The highest BCUT2D eigenvalue weighted by Crippen LogP contribution is 2.25. The monoisotopic (exact) mass is 461 g/mol. The average molecular weight is 462 g/mol. The van der Waals surface area contributed by atoms with Gasteiger partial charge >= 0.3 is 0 Å². The molecule has 0 saturated heterocycles. The van der Waals surface area contributed by atoms with Crippen LogP contribution >= 0.6 is 11.3 Å². The summed E-state index contributed by atoms with van der Waals surface area (Å²) < 4.78 is 8.09. The van der Waals surface area contributed by atoms with Crippen molar-refractivity contribution >= 4 is 33.9 Å². The van der Waals surface area contributed by atoms with Gasteiger partial charge in [0.25, 0.3) is 0 Å². The van der Waals surface area contributed by atoms with Gasteiger partial charge < -0.3 is 19.9 Å². The van der Waals surface area contributed by atoms with Crippen molar-refractivity contribution in [2.24, 2.45) is 10.7 Å². The molecule has 2 aromatic heterocycles. The number of imidazole rings is 1. The zero-order chi connectivity index (χ0) is 23.4. The highest BCUT2D eigenvalue weighted by Gasteiger charge is 2.13. The Morgan fingerprint density at radius 2 is 1.94 bits per heavy atom. The summed E-state index contributed by atoms with van der Waals surface area (Å²) in [6.07, 6.45) is 0.914. The maximum atomic E-state index is 6.20. The van der Waals surface area contributed by atoms with E-state index in [1.54, 1.807) is 11.3 Å². The number of nitrogens with two attached hydrogens (primary N) is 1. The molecule has 2 aromatic carbocycles. The van der Waals surface area contributed by atoms with Crippen molar-refractivity contribution in [2.75, 3.05) is 20.6 Å². The Morgan fingerprint density at radius 3 is 2.61 bits per heavy atom. The van der Waals surface area contributed by atoms with Crippen molar-refractivity contribution in [3.05, 3.63) is 76.2 Å². The molecular formula is C26H31N5OS. The van der Waals surface area contributed by atoms with Crippen molar-refractivity contribution < 1.29 is 4.74 Å². The number of hydrogen-bond donors (Lipinski definition) is 1. The first-order chi connectivity index (χ1) is 15.9. The van der Waals surface area contributed by atoms with Crippen LogP contribution in [0.25, 0.3) is 11.0 Å². The van der Waals surface area contributed by atoms with E-state index in [1.165, 1.54) is 5.56 Å². The lowest BCUT2D eigenvalue weighted by Crippen LogP contribution is -2.19. The molecule has 6 nitrogen and oxygen atoms in total. The smallest absolute Gasteiger partial charge is 0.141 e. The molecule has 172 valence electrons. The molecule has 2 N–H and O–H groups in total. The molecule has 7 heteroatoms. The van der Waals surface area contributed by atoms with Crippen LogP contribution in [0.15, 0.2) is 65.0 Å². The van der Waals surface area contributed by atoms with E-state index in [-0.39, 0.29) is 6.10 Å². The SMILES string of the molecule is CC(C)Oc1ccc(Cc2nc3cc(N=C(N)c4cccs4)ccc3n2CCN(C)C)cc1. The van der Waals surface area contributed by atoms with Crippen LogP contribution in [0.4, 0.5) is 5.69 Å². The van der Waals surface area contributed by atoms with Gasteiger partial charge in [-0.05, 0) is 75.3 Å². The third-order valence-corrected chi connectivity index (χ3v) is 6.15. The number of ether oxygens (including phenoxy) is 1. The number of amidine groups is 1. The van der Waals surface area contributed by atoms with Crippen molar-refractivity contribution in [1.29, 1.82) is 0 Å². The summed E-state index contributed by atoms with van der Waals surface area (Å²) in [6.45, 7) is 5.87. The lowest BCUT2D eigenvalue weighted by atomic mass is 10.1. The van der Waals surface area contributed by atoms with Gasteiger partial charge in [-0.1, -0.05) is 18.2 Å². The Kier molecular flexibility index (Phi) is 7.11. The Labute approximate surface area is 199 Å². The number of fused-ring (bicyclic) bond motifs is 1. The number of thiophene rings is 1. The number of aliphatic imine (C=N–C) groups is 1. The number of rotatable bonds is 9. The van der Waals surface area contributed by atoms with Crippen LogP contribution in [0.2, 0.25) is 0 Å². The fourth-order valence-electron chi connectivity index (χ4n) is 3.68. The third kappa shape index (κ3) is 5.80. The van der Waals surface area contributed by atoms with Crippen LogP contribution in [0.5, 0.6) is 5.75 Å². The topological polar surface area (TPSA) is 68.7 Å². The molecule has 0 unspecified atom stereocenters. The fraction of sp³-hybridized carbons (Fsp3) is 0.308. The minimum Gasteiger partial charge on any atom is -0.491 e. The summed E-state index contributed by atoms with van der Waals surface area (Å²) in [5, 5.41) is 2.00. The van der Waals surface area contributed by atoms with Gasteiger partial charge in [0, 0.05) is 19.5 Å². The van der Waals surface area contributed by atoms with Crippen LogP contribution < -0.4 is 10.5 Å². The van der Waals surface area contributed by atoms with Crippen LogP contribution in [-0.2, 0) is 13.0 Å². The Bertz CT molecular complexity index is 1220. The average Bonchev–Trinajstić information content (AvgIpc) is 3.41. The molecule has 0 aliphatic rings. The lowest BCUT2D eigenvalue weighted by molar-refractivity contribution is 0.242. The molecule has 0 atom stereocenters. The zero-order valence-electron chi connectivity index (χ0n) is 19.7. The van der Waals surface area contributed by atoms with Crippen LogP contribution in [0, 0.1) is 0 Å². The van der Waals surface area contributed by atoms with Gasteiger partial charge in [-0.2, -0.15) is 0 Å². The van der Waals surface area contributed by atoms with Gasteiger partial charge in [-0.3, -0.25) is 0 Å². The van der Waals surface area contributed by atoms with Crippen molar-refractivity contribution in [2.45, 2.75) is 32.9 Å². The molecule has 4 aromatic rings. The van der Waals surface area contributed by atoms with Gasteiger partial charge in [-0.25, -0.2) is 9.98 Å². The number of hydrogen-bond acceptors (Lipinski definition) is 5. The Morgan fingerprint density at radius 1 is 1.15 bits per heavy atom. The maximum absolute atomic E-state index is 6.20. The number of likely N-dealkylation sites (N-methyl/N-ethyl adjacent to an activating group) is 1. The second-order valence-electron chi connectivity index (χ2n) is 8.62. The zero-order valence-corrected chi connectivity index (χ0v) is 20.5. The van der Waals surface area contributed by atoms with E-state index in [2.05, 4.69) is 46.8 Å². The Balaban J connectivity index is 1.65. The first-order valence-corrected chi connectivity index (χ1v) is 12.0. The summed E-state index contributed by atoms with van der Waals surface area (Å²) >= 11 is 1.59. The fourth-order valence-corrected chi connectivity index (χ4v) is 4.31. The molecule has 0 bridgehead atoms. The molecule has 0 amide bonds. The quantitative estimate of drug-likeness (QED) is 0.279. The molecule has 0 aliphatic heterocycles. The van der Waals surface area contributed by atoms with Crippen molar-refractivity contribution in [3.63, 3.8) is 0 Å². The third-order valence-electron chi connectivity index (χ3n) is 5.26. The van der Waals surface area contributed by atoms with Crippen molar-refractivity contribution in [3.8, 4) is 5.75 Å². The minimum absolute atomic E-state index is 0.164. The summed E-state index contributed by atoms with van der Waals surface area (Å²) in [6, 6.07) is 18.4.